The van der Waals surface area contributed by atoms with Crippen molar-refractivity contribution < 1.29 is 14.0 Å². The van der Waals surface area contributed by atoms with E-state index in [0.29, 0.717) is 21.3 Å². The van der Waals surface area contributed by atoms with Gasteiger partial charge in [0.1, 0.15) is 5.82 Å². The molecule has 29 heavy (non-hydrogen) atoms. The van der Waals surface area contributed by atoms with E-state index < -0.39 is 5.82 Å². The summed E-state index contributed by atoms with van der Waals surface area (Å²) < 4.78 is 14.6. The van der Waals surface area contributed by atoms with Crippen LogP contribution in [0.15, 0.2) is 71.5 Å². The molecule has 6 heteroatoms. The van der Waals surface area contributed by atoms with Crippen molar-refractivity contribution >= 4 is 39.4 Å². The summed E-state index contributed by atoms with van der Waals surface area (Å²) in [5, 5.41) is 2.78. The summed E-state index contributed by atoms with van der Waals surface area (Å²) in [5.41, 5.74) is 2.89. The maximum absolute atomic E-state index is 14.0. The number of amides is 1. The van der Waals surface area contributed by atoms with Gasteiger partial charge in [-0.1, -0.05) is 40.2 Å². The number of Topliss-reactive ketones (excluding diaryl/α,β-unsaturated/α-hetero) is 1. The zero-order valence-electron chi connectivity index (χ0n) is 15.7. The van der Waals surface area contributed by atoms with Crippen LogP contribution in [0.1, 0.15) is 27.0 Å². The van der Waals surface area contributed by atoms with Gasteiger partial charge in [-0.05, 0) is 54.0 Å². The monoisotopic (exact) mass is 452 g/mol. The van der Waals surface area contributed by atoms with Crippen molar-refractivity contribution in [3.8, 4) is 0 Å². The summed E-state index contributed by atoms with van der Waals surface area (Å²) in [5.74, 6) is -0.984. The first-order chi connectivity index (χ1) is 13.9. The maximum Gasteiger partial charge on any atom is 0.248 e. The third-order valence-electron chi connectivity index (χ3n) is 4.30. The Kier molecular flexibility index (Phi) is 6.67. The van der Waals surface area contributed by atoms with Crippen molar-refractivity contribution in [2.24, 2.45) is 0 Å². The number of pyridine rings is 1. The van der Waals surface area contributed by atoms with Gasteiger partial charge < -0.3 is 5.32 Å². The molecule has 0 fully saturated rings. The maximum atomic E-state index is 14.0. The Hall–Kier alpha value is -3.12. The minimum absolute atomic E-state index is 0.0591. The van der Waals surface area contributed by atoms with Crippen LogP contribution >= 0.6 is 15.9 Å². The SMILES string of the molecule is Cc1ccc(C(=O)Cc2ccc(Br)cc2F)cc1NC(=O)/C=C/c1cccnc1. The van der Waals surface area contributed by atoms with Gasteiger partial charge in [-0.15, -0.1) is 0 Å². The second-order valence-electron chi connectivity index (χ2n) is 6.47. The van der Waals surface area contributed by atoms with Gasteiger partial charge in [-0.2, -0.15) is 0 Å². The van der Waals surface area contributed by atoms with Crippen LogP contribution in [-0.4, -0.2) is 16.7 Å². The molecule has 146 valence electrons. The van der Waals surface area contributed by atoms with Crippen molar-refractivity contribution in [3.05, 3.63) is 99.5 Å². The van der Waals surface area contributed by atoms with Gasteiger partial charge in [0.15, 0.2) is 5.78 Å². The molecule has 3 aromatic rings. The summed E-state index contributed by atoms with van der Waals surface area (Å²) >= 11 is 3.20. The van der Waals surface area contributed by atoms with Crippen molar-refractivity contribution in [2.45, 2.75) is 13.3 Å². The number of rotatable bonds is 6. The quantitative estimate of drug-likeness (QED) is 0.404. The molecule has 4 nitrogen and oxygen atoms in total. The Balaban J connectivity index is 1.72. The van der Waals surface area contributed by atoms with Crippen LogP contribution in [0.2, 0.25) is 0 Å². The van der Waals surface area contributed by atoms with Crippen LogP contribution in [0.3, 0.4) is 0 Å². The summed E-state index contributed by atoms with van der Waals surface area (Å²) in [7, 11) is 0. The molecule has 0 aliphatic carbocycles. The van der Waals surface area contributed by atoms with Gasteiger partial charge in [-0.25, -0.2) is 4.39 Å². The average Bonchev–Trinajstić information content (AvgIpc) is 2.71. The van der Waals surface area contributed by atoms with Gasteiger partial charge in [0, 0.05) is 40.6 Å². The lowest BCUT2D eigenvalue weighted by atomic mass is 10.0. The molecule has 0 bridgehead atoms. The highest BCUT2D eigenvalue weighted by Gasteiger charge is 2.13. The van der Waals surface area contributed by atoms with Gasteiger partial charge in [0.05, 0.1) is 0 Å². The lowest BCUT2D eigenvalue weighted by Gasteiger charge is -2.10. The topological polar surface area (TPSA) is 59.1 Å². The predicted molar refractivity (Wildman–Crippen MR) is 115 cm³/mol. The number of aryl methyl sites for hydroxylation is 1. The van der Waals surface area contributed by atoms with E-state index in [4.69, 9.17) is 0 Å². The first kappa shape index (κ1) is 20.6. The van der Waals surface area contributed by atoms with E-state index in [1.54, 1.807) is 54.9 Å². The Morgan fingerprint density at radius 2 is 2.00 bits per heavy atom. The van der Waals surface area contributed by atoms with Gasteiger partial charge in [-0.3, -0.25) is 14.6 Å². The van der Waals surface area contributed by atoms with E-state index in [-0.39, 0.29) is 18.1 Å². The first-order valence-corrected chi connectivity index (χ1v) is 9.68. The molecule has 1 aromatic heterocycles. The number of nitrogens with zero attached hydrogens (tertiary/aromatic N) is 1. The van der Waals surface area contributed by atoms with Crippen molar-refractivity contribution in [2.75, 3.05) is 5.32 Å². The molecular weight excluding hydrogens is 435 g/mol. The van der Waals surface area contributed by atoms with E-state index in [1.165, 1.54) is 12.1 Å². The molecule has 1 heterocycles. The third-order valence-corrected chi connectivity index (χ3v) is 4.79. The number of carbonyl (C=O) groups is 2. The van der Waals surface area contributed by atoms with Crippen molar-refractivity contribution in [3.63, 3.8) is 0 Å². The van der Waals surface area contributed by atoms with Crippen molar-refractivity contribution in [1.29, 1.82) is 0 Å². The van der Waals surface area contributed by atoms with Gasteiger partial charge in [0.25, 0.3) is 0 Å². The van der Waals surface area contributed by atoms with Crippen LogP contribution in [0, 0.1) is 12.7 Å². The first-order valence-electron chi connectivity index (χ1n) is 8.89. The number of carbonyl (C=O) groups excluding carboxylic acids is 2. The fourth-order valence-corrected chi connectivity index (χ4v) is 3.02. The predicted octanol–water partition coefficient (Wildman–Crippen LogP) is 5.37. The summed E-state index contributed by atoms with van der Waals surface area (Å²) in [6.07, 6.45) is 6.31. The van der Waals surface area contributed by atoms with E-state index in [1.807, 2.05) is 13.0 Å². The van der Waals surface area contributed by atoms with E-state index in [0.717, 1.165) is 11.1 Å². The highest BCUT2D eigenvalue weighted by molar-refractivity contribution is 9.10. The standard InChI is InChI=1S/C23H18BrFN2O2/c1-15-4-6-18(22(28)12-17-7-8-19(24)13-20(17)25)11-21(15)27-23(29)9-5-16-3-2-10-26-14-16/h2-11,13-14H,12H2,1H3,(H,27,29)/b9-5+. The van der Waals surface area contributed by atoms with Crippen LogP contribution in [-0.2, 0) is 11.2 Å². The lowest BCUT2D eigenvalue weighted by molar-refractivity contribution is -0.111. The number of ketones is 1. The molecule has 0 aliphatic heterocycles. The molecule has 2 aromatic carbocycles. The van der Waals surface area contributed by atoms with Gasteiger partial charge >= 0.3 is 0 Å². The number of aromatic nitrogens is 1. The highest BCUT2D eigenvalue weighted by atomic mass is 79.9. The fourth-order valence-electron chi connectivity index (χ4n) is 2.69. The number of nitrogens with one attached hydrogen (secondary N) is 1. The molecule has 0 atom stereocenters. The Bertz CT molecular complexity index is 1080. The Morgan fingerprint density at radius 3 is 2.72 bits per heavy atom. The normalized spacial score (nSPS) is 10.9. The lowest BCUT2D eigenvalue weighted by Crippen LogP contribution is -2.11. The Labute approximate surface area is 176 Å². The molecule has 3 rings (SSSR count). The molecule has 0 saturated heterocycles. The minimum atomic E-state index is -0.436. The average molecular weight is 453 g/mol. The summed E-state index contributed by atoms with van der Waals surface area (Å²) in [4.78, 5) is 28.8. The number of benzene rings is 2. The smallest absolute Gasteiger partial charge is 0.248 e. The van der Waals surface area contributed by atoms with E-state index in [2.05, 4.69) is 26.2 Å². The van der Waals surface area contributed by atoms with Crippen LogP contribution in [0.4, 0.5) is 10.1 Å². The molecule has 0 radical (unpaired) electrons. The van der Waals surface area contributed by atoms with Gasteiger partial charge in [0.2, 0.25) is 5.91 Å². The summed E-state index contributed by atoms with van der Waals surface area (Å²) in [6, 6.07) is 13.3. The van der Waals surface area contributed by atoms with Crippen LogP contribution in [0.25, 0.3) is 6.08 Å². The van der Waals surface area contributed by atoms with Crippen molar-refractivity contribution in [1.82, 2.24) is 4.98 Å². The zero-order chi connectivity index (χ0) is 20.8. The van der Waals surface area contributed by atoms with Crippen LogP contribution in [0.5, 0.6) is 0 Å². The van der Waals surface area contributed by atoms with E-state index >= 15 is 0 Å². The minimum Gasteiger partial charge on any atom is -0.322 e. The van der Waals surface area contributed by atoms with Crippen LogP contribution < -0.4 is 5.32 Å². The highest BCUT2D eigenvalue weighted by Crippen LogP contribution is 2.21. The molecule has 0 aliphatic rings. The molecule has 0 saturated carbocycles. The number of halogens is 2. The molecule has 0 spiro atoms. The largest absolute Gasteiger partial charge is 0.322 e. The third kappa shape index (κ3) is 5.68. The molecule has 1 N–H and O–H groups in total. The second-order valence-corrected chi connectivity index (χ2v) is 7.39. The number of hydrogen-bond acceptors (Lipinski definition) is 3. The summed E-state index contributed by atoms with van der Waals surface area (Å²) in [6.45, 7) is 1.84. The molecular formula is C23H18BrFN2O2. The number of anilines is 1. The zero-order valence-corrected chi connectivity index (χ0v) is 17.2. The molecule has 1 amide bonds. The fraction of sp³-hybridized carbons (Fsp3) is 0.0870. The number of hydrogen-bond donors (Lipinski definition) is 1. The molecule has 0 unspecified atom stereocenters. The second kappa shape index (κ2) is 9.39. The van der Waals surface area contributed by atoms with E-state index in [9.17, 15) is 14.0 Å². The Morgan fingerprint density at radius 1 is 1.17 bits per heavy atom.